The number of furan rings is 1. The van der Waals surface area contributed by atoms with Crippen LogP contribution in [0.2, 0.25) is 0 Å². The second-order valence-electron chi connectivity index (χ2n) is 5.25. The van der Waals surface area contributed by atoms with E-state index in [1.54, 1.807) is 0 Å². The molecule has 0 saturated heterocycles. The summed E-state index contributed by atoms with van der Waals surface area (Å²) < 4.78 is 5.75. The van der Waals surface area contributed by atoms with Gasteiger partial charge in [-0.2, -0.15) is 0 Å². The Hall–Kier alpha value is -1.54. The third-order valence-corrected chi connectivity index (χ3v) is 3.96. The van der Waals surface area contributed by atoms with Crippen LogP contribution in [0.3, 0.4) is 0 Å². The summed E-state index contributed by atoms with van der Waals surface area (Å²) >= 11 is 0. The molecule has 0 radical (unpaired) electrons. The fraction of sp³-hybridized carbons (Fsp3) is 0.412. The molecular formula is C17H21NO. The minimum atomic E-state index is 0.472. The van der Waals surface area contributed by atoms with E-state index in [1.165, 1.54) is 30.4 Å². The molecule has 19 heavy (non-hydrogen) atoms. The highest BCUT2D eigenvalue weighted by Crippen LogP contribution is 2.29. The minimum Gasteiger partial charge on any atom is -0.465 e. The van der Waals surface area contributed by atoms with Gasteiger partial charge in [0, 0.05) is 12.5 Å². The normalized spacial score (nSPS) is 18.3. The lowest BCUT2D eigenvalue weighted by atomic mass is 9.88. The largest absolute Gasteiger partial charge is 0.465 e. The van der Waals surface area contributed by atoms with Crippen LogP contribution >= 0.6 is 0 Å². The molecule has 0 amide bonds. The van der Waals surface area contributed by atoms with Crippen molar-refractivity contribution in [2.75, 3.05) is 0 Å². The van der Waals surface area contributed by atoms with E-state index >= 15 is 0 Å². The van der Waals surface area contributed by atoms with E-state index in [2.05, 4.69) is 48.6 Å². The molecule has 0 saturated carbocycles. The summed E-state index contributed by atoms with van der Waals surface area (Å²) in [4.78, 5) is 0. The Bertz CT molecular complexity index is 544. The molecule has 1 aliphatic carbocycles. The second kappa shape index (κ2) is 5.62. The summed E-state index contributed by atoms with van der Waals surface area (Å²) in [5.41, 5.74) is 2.97. The first-order valence-electron chi connectivity index (χ1n) is 7.25. The van der Waals surface area contributed by atoms with Crippen molar-refractivity contribution < 1.29 is 4.42 Å². The molecule has 3 rings (SSSR count). The van der Waals surface area contributed by atoms with E-state index in [0.29, 0.717) is 6.04 Å². The van der Waals surface area contributed by atoms with Gasteiger partial charge in [0.15, 0.2) is 0 Å². The van der Waals surface area contributed by atoms with Gasteiger partial charge in [-0.25, -0.2) is 0 Å². The molecule has 0 aliphatic heterocycles. The molecule has 1 aromatic heterocycles. The minimum absolute atomic E-state index is 0.472. The van der Waals surface area contributed by atoms with Crippen molar-refractivity contribution in [2.24, 2.45) is 0 Å². The highest BCUT2D eigenvalue weighted by atomic mass is 16.3. The van der Waals surface area contributed by atoms with Gasteiger partial charge in [-0.1, -0.05) is 31.2 Å². The predicted molar refractivity (Wildman–Crippen MR) is 77.0 cm³/mol. The molecule has 0 bridgehead atoms. The van der Waals surface area contributed by atoms with Gasteiger partial charge in [0.2, 0.25) is 0 Å². The number of benzene rings is 1. The van der Waals surface area contributed by atoms with Crippen molar-refractivity contribution in [2.45, 2.75) is 45.2 Å². The van der Waals surface area contributed by atoms with Crippen LogP contribution in [0.5, 0.6) is 0 Å². The number of hydrogen-bond acceptors (Lipinski definition) is 2. The van der Waals surface area contributed by atoms with Crippen LogP contribution in [0.1, 0.15) is 48.5 Å². The lowest BCUT2D eigenvalue weighted by Gasteiger charge is -2.26. The number of hydrogen-bond donors (Lipinski definition) is 1. The third-order valence-electron chi connectivity index (χ3n) is 3.96. The van der Waals surface area contributed by atoms with Gasteiger partial charge in [-0.3, -0.25) is 0 Å². The van der Waals surface area contributed by atoms with Crippen molar-refractivity contribution in [1.29, 1.82) is 0 Å². The molecule has 0 spiro atoms. The lowest BCUT2D eigenvalue weighted by molar-refractivity contribution is 0.405. The number of rotatable bonds is 4. The third kappa shape index (κ3) is 2.74. The topological polar surface area (TPSA) is 25.2 Å². The average molecular weight is 255 g/mol. The van der Waals surface area contributed by atoms with Crippen LogP contribution in [0.15, 0.2) is 40.8 Å². The van der Waals surface area contributed by atoms with E-state index in [1.807, 2.05) is 0 Å². The Morgan fingerprint density at radius 2 is 2.00 bits per heavy atom. The maximum Gasteiger partial charge on any atom is 0.117 e. The van der Waals surface area contributed by atoms with Crippen molar-refractivity contribution in [3.8, 4) is 0 Å². The molecule has 1 aliphatic rings. The summed E-state index contributed by atoms with van der Waals surface area (Å²) in [6.45, 7) is 2.94. The molecule has 1 N–H and O–H groups in total. The average Bonchev–Trinajstić information content (AvgIpc) is 2.93. The van der Waals surface area contributed by atoms with Gasteiger partial charge in [-0.15, -0.1) is 0 Å². The zero-order chi connectivity index (χ0) is 13.1. The van der Waals surface area contributed by atoms with Gasteiger partial charge in [0.1, 0.15) is 11.5 Å². The molecule has 1 aromatic carbocycles. The fourth-order valence-corrected chi connectivity index (χ4v) is 2.90. The number of aryl methyl sites for hydroxylation is 2. The second-order valence-corrected chi connectivity index (χ2v) is 5.25. The Morgan fingerprint density at radius 1 is 1.16 bits per heavy atom. The lowest BCUT2D eigenvalue weighted by Crippen LogP contribution is -2.24. The van der Waals surface area contributed by atoms with E-state index in [9.17, 15) is 0 Å². The zero-order valence-corrected chi connectivity index (χ0v) is 11.5. The quantitative estimate of drug-likeness (QED) is 0.893. The summed E-state index contributed by atoms with van der Waals surface area (Å²) in [5.74, 6) is 2.11. The first-order chi connectivity index (χ1) is 9.36. The van der Waals surface area contributed by atoms with Crippen molar-refractivity contribution >= 4 is 0 Å². The number of nitrogens with one attached hydrogen (secondary N) is 1. The SMILES string of the molecule is CCc1ccc(CNC2CCCc3ccccc32)o1. The van der Waals surface area contributed by atoms with E-state index < -0.39 is 0 Å². The van der Waals surface area contributed by atoms with Crippen LogP contribution in [0, 0.1) is 0 Å². The smallest absolute Gasteiger partial charge is 0.117 e. The van der Waals surface area contributed by atoms with Crippen LogP contribution in [0.25, 0.3) is 0 Å². The van der Waals surface area contributed by atoms with Gasteiger partial charge >= 0.3 is 0 Å². The van der Waals surface area contributed by atoms with Gasteiger partial charge in [-0.05, 0) is 42.5 Å². The Balaban J connectivity index is 1.68. The molecule has 100 valence electrons. The van der Waals surface area contributed by atoms with Crippen molar-refractivity contribution in [3.05, 3.63) is 59.0 Å². The molecule has 0 fully saturated rings. The Morgan fingerprint density at radius 3 is 2.84 bits per heavy atom. The first kappa shape index (κ1) is 12.5. The summed E-state index contributed by atoms with van der Waals surface area (Å²) in [5, 5.41) is 3.64. The van der Waals surface area contributed by atoms with Crippen molar-refractivity contribution in [3.63, 3.8) is 0 Å². The monoisotopic (exact) mass is 255 g/mol. The first-order valence-corrected chi connectivity index (χ1v) is 7.25. The molecule has 2 heteroatoms. The predicted octanol–water partition coefficient (Wildman–Crippen LogP) is 4.01. The fourth-order valence-electron chi connectivity index (χ4n) is 2.90. The van der Waals surface area contributed by atoms with Crippen LogP contribution in [0.4, 0.5) is 0 Å². The van der Waals surface area contributed by atoms with Gasteiger partial charge < -0.3 is 9.73 Å². The van der Waals surface area contributed by atoms with Crippen molar-refractivity contribution in [1.82, 2.24) is 5.32 Å². The standard InChI is InChI=1S/C17H21NO/c1-2-14-10-11-15(19-14)12-18-17-9-5-7-13-6-3-4-8-16(13)17/h3-4,6,8,10-11,17-18H,2,5,7,9,12H2,1H3. The van der Waals surface area contributed by atoms with E-state index in [-0.39, 0.29) is 0 Å². The summed E-state index contributed by atoms with van der Waals surface area (Å²) in [6, 6.07) is 13.4. The van der Waals surface area contributed by atoms with Gasteiger partial charge in [0.05, 0.1) is 6.54 Å². The Kier molecular flexibility index (Phi) is 3.69. The summed E-state index contributed by atoms with van der Waals surface area (Å²) in [7, 11) is 0. The zero-order valence-electron chi connectivity index (χ0n) is 11.5. The molecule has 2 aromatic rings. The highest BCUT2D eigenvalue weighted by Gasteiger charge is 2.19. The van der Waals surface area contributed by atoms with Crippen LogP contribution in [-0.4, -0.2) is 0 Å². The molecule has 2 nitrogen and oxygen atoms in total. The highest BCUT2D eigenvalue weighted by molar-refractivity contribution is 5.32. The summed E-state index contributed by atoms with van der Waals surface area (Å²) in [6.07, 6.45) is 4.67. The Labute approximate surface area is 114 Å². The number of fused-ring (bicyclic) bond motifs is 1. The molecular weight excluding hydrogens is 234 g/mol. The van der Waals surface area contributed by atoms with E-state index in [4.69, 9.17) is 4.42 Å². The molecule has 1 heterocycles. The maximum atomic E-state index is 5.75. The van der Waals surface area contributed by atoms with Gasteiger partial charge in [0.25, 0.3) is 0 Å². The molecule has 1 unspecified atom stereocenters. The van der Waals surface area contributed by atoms with Crippen LogP contribution < -0.4 is 5.32 Å². The van der Waals surface area contributed by atoms with Crippen LogP contribution in [-0.2, 0) is 19.4 Å². The molecule has 1 atom stereocenters. The van der Waals surface area contributed by atoms with E-state index in [0.717, 1.165) is 24.5 Å². The maximum absolute atomic E-state index is 5.75.